The topological polar surface area (TPSA) is 62.3 Å². The molecule has 0 bridgehead atoms. The summed E-state index contributed by atoms with van der Waals surface area (Å²) in [5, 5.41) is 0. The smallest absolute Gasteiger partial charge is 0.282 e. The van der Waals surface area contributed by atoms with Crippen LogP contribution in [0.15, 0.2) is 54.2 Å². The second-order valence-electron chi connectivity index (χ2n) is 8.58. The number of anilines is 1. The van der Waals surface area contributed by atoms with E-state index in [9.17, 15) is 9.59 Å². The standard InChI is InChI=1S/C26H31N3O4/c1-5-32-21-10-6-19(7-11-21)23-24(28-16-14-27(4)15-17-28)26(31)29(25(23)30)20-8-12-22(13-9-20)33-18(2)3/h6-13,18H,5,14-17H2,1-4H3. The van der Waals surface area contributed by atoms with Gasteiger partial charge >= 0.3 is 0 Å². The molecule has 0 spiro atoms. The molecule has 2 aliphatic rings. The summed E-state index contributed by atoms with van der Waals surface area (Å²) in [5.74, 6) is 0.839. The van der Waals surface area contributed by atoms with E-state index in [-0.39, 0.29) is 17.9 Å². The molecule has 2 aromatic carbocycles. The molecule has 0 radical (unpaired) electrons. The molecule has 2 aliphatic heterocycles. The van der Waals surface area contributed by atoms with Crippen molar-refractivity contribution in [3.63, 3.8) is 0 Å². The van der Waals surface area contributed by atoms with Gasteiger partial charge in [-0.25, -0.2) is 4.90 Å². The van der Waals surface area contributed by atoms with Crippen molar-refractivity contribution in [3.05, 3.63) is 59.8 Å². The van der Waals surface area contributed by atoms with Gasteiger partial charge in [0.15, 0.2) is 0 Å². The minimum Gasteiger partial charge on any atom is -0.494 e. The van der Waals surface area contributed by atoms with E-state index < -0.39 is 0 Å². The minimum absolute atomic E-state index is 0.0441. The SMILES string of the molecule is CCOc1ccc(C2=C(N3CCN(C)CC3)C(=O)N(c3ccc(OC(C)C)cc3)C2=O)cc1. The van der Waals surface area contributed by atoms with Gasteiger partial charge in [-0.05, 0) is 69.8 Å². The fourth-order valence-corrected chi connectivity index (χ4v) is 4.17. The van der Waals surface area contributed by atoms with Gasteiger partial charge in [0.05, 0.1) is 24.0 Å². The van der Waals surface area contributed by atoms with E-state index in [1.165, 1.54) is 4.90 Å². The Labute approximate surface area is 195 Å². The van der Waals surface area contributed by atoms with Crippen molar-refractivity contribution < 1.29 is 19.1 Å². The van der Waals surface area contributed by atoms with E-state index in [1.807, 2.05) is 49.9 Å². The summed E-state index contributed by atoms with van der Waals surface area (Å²) in [5.41, 5.74) is 2.16. The lowest BCUT2D eigenvalue weighted by molar-refractivity contribution is -0.120. The predicted octanol–water partition coefficient (Wildman–Crippen LogP) is 3.40. The third kappa shape index (κ3) is 4.73. The number of piperazine rings is 1. The zero-order valence-corrected chi connectivity index (χ0v) is 19.7. The Bertz CT molecular complexity index is 1040. The maximum atomic E-state index is 13.7. The number of carbonyl (C=O) groups is 2. The molecule has 4 rings (SSSR count). The molecule has 0 aromatic heterocycles. The molecule has 1 saturated heterocycles. The number of hydrogen-bond acceptors (Lipinski definition) is 6. The van der Waals surface area contributed by atoms with Crippen LogP contribution in [0, 0.1) is 0 Å². The number of amides is 2. The van der Waals surface area contributed by atoms with Gasteiger partial charge in [-0.1, -0.05) is 12.1 Å². The van der Waals surface area contributed by atoms with Gasteiger partial charge in [-0.3, -0.25) is 9.59 Å². The first-order valence-corrected chi connectivity index (χ1v) is 11.5. The van der Waals surface area contributed by atoms with Crippen LogP contribution in [0.1, 0.15) is 26.3 Å². The average Bonchev–Trinajstić information content (AvgIpc) is 3.05. The quantitative estimate of drug-likeness (QED) is 0.604. The second kappa shape index (κ2) is 9.67. The van der Waals surface area contributed by atoms with Crippen LogP contribution in [0.3, 0.4) is 0 Å². The molecule has 0 aliphatic carbocycles. The highest BCUT2D eigenvalue weighted by Crippen LogP contribution is 2.36. The molecule has 0 saturated carbocycles. The van der Waals surface area contributed by atoms with Gasteiger partial charge in [0.25, 0.3) is 11.8 Å². The van der Waals surface area contributed by atoms with E-state index >= 15 is 0 Å². The molecule has 0 atom stereocenters. The number of hydrogen-bond donors (Lipinski definition) is 0. The fourth-order valence-electron chi connectivity index (χ4n) is 4.17. The molecule has 2 amide bonds. The van der Waals surface area contributed by atoms with Crippen molar-refractivity contribution in [2.75, 3.05) is 44.7 Å². The molecular weight excluding hydrogens is 418 g/mol. The van der Waals surface area contributed by atoms with Crippen molar-refractivity contribution in [1.29, 1.82) is 0 Å². The van der Waals surface area contributed by atoms with Crippen LogP contribution in [-0.4, -0.2) is 67.6 Å². The lowest BCUT2D eigenvalue weighted by atomic mass is 10.0. The van der Waals surface area contributed by atoms with Crippen LogP contribution in [0.4, 0.5) is 5.69 Å². The van der Waals surface area contributed by atoms with E-state index in [4.69, 9.17) is 9.47 Å². The molecular formula is C26H31N3O4. The Morgan fingerprint density at radius 1 is 0.848 bits per heavy atom. The van der Waals surface area contributed by atoms with E-state index in [0.29, 0.717) is 48.0 Å². The normalized spacial score (nSPS) is 17.4. The summed E-state index contributed by atoms with van der Waals surface area (Å²) < 4.78 is 11.3. The lowest BCUT2D eigenvalue weighted by Gasteiger charge is -2.34. The first-order valence-electron chi connectivity index (χ1n) is 11.5. The molecule has 33 heavy (non-hydrogen) atoms. The Kier molecular flexibility index (Phi) is 6.70. The molecule has 2 aromatic rings. The minimum atomic E-state index is -0.310. The monoisotopic (exact) mass is 449 g/mol. The molecule has 7 nitrogen and oxygen atoms in total. The number of rotatable bonds is 7. The number of nitrogens with zero attached hydrogens (tertiary/aromatic N) is 3. The number of benzene rings is 2. The van der Waals surface area contributed by atoms with E-state index in [0.717, 1.165) is 18.8 Å². The maximum Gasteiger partial charge on any atom is 0.282 e. The van der Waals surface area contributed by atoms with Crippen LogP contribution in [0.2, 0.25) is 0 Å². The predicted molar refractivity (Wildman–Crippen MR) is 128 cm³/mol. The lowest BCUT2D eigenvalue weighted by Crippen LogP contribution is -2.46. The summed E-state index contributed by atoms with van der Waals surface area (Å²) in [6, 6.07) is 14.5. The van der Waals surface area contributed by atoms with Crippen LogP contribution in [0.5, 0.6) is 11.5 Å². The second-order valence-corrected chi connectivity index (χ2v) is 8.58. The van der Waals surface area contributed by atoms with Gasteiger partial charge < -0.3 is 19.3 Å². The number of imide groups is 1. The first-order chi connectivity index (χ1) is 15.9. The van der Waals surface area contributed by atoms with Gasteiger partial charge in [0, 0.05) is 26.2 Å². The molecule has 0 N–H and O–H groups in total. The summed E-state index contributed by atoms with van der Waals surface area (Å²) in [7, 11) is 2.06. The highest BCUT2D eigenvalue weighted by atomic mass is 16.5. The third-order valence-corrected chi connectivity index (χ3v) is 5.80. The number of likely N-dealkylation sites (N-methyl/N-ethyl adjacent to an activating group) is 1. The van der Waals surface area contributed by atoms with Crippen molar-refractivity contribution in [2.24, 2.45) is 0 Å². The van der Waals surface area contributed by atoms with Gasteiger partial charge in [-0.2, -0.15) is 0 Å². The highest BCUT2D eigenvalue weighted by Gasteiger charge is 2.42. The first kappa shape index (κ1) is 22.9. The van der Waals surface area contributed by atoms with Gasteiger partial charge in [0.1, 0.15) is 17.2 Å². The Morgan fingerprint density at radius 3 is 2.03 bits per heavy atom. The highest BCUT2D eigenvalue weighted by molar-refractivity contribution is 6.45. The zero-order chi connectivity index (χ0) is 23.5. The van der Waals surface area contributed by atoms with Crippen molar-refractivity contribution >= 4 is 23.1 Å². The summed E-state index contributed by atoms with van der Waals surface area (Å²) in [6.45, 7) is 9.46. The largest absolute Gasteiger partial charge is 0.494 e. The van der Waals surface area contributed by atoms with Crippen molar-refractivity contribution in [1.82, 2.24) is 9.80 Å². The van der Waals surface area contributed by atoms with Crippen LogP contribution < -0.4 is 14.4 Å². The summed E-state index contributed by atoms with van der Waals surface area (Å²) >= 11 is 0. The molecule has 174 valence electrons. The van der Waals surface area contributed by atoms with Gasteiger partial charge in [-0.15, -0.1) is 0 Å². The maximum absolute atomic E-state index is 13.7. The van der Waals surface area contributed by atoms with E-state index in [2.05, 4.69) is 11.9 Å². The number of carbonyl (C=O) groups excluding carboxylic acids is 2. The van der Waals surface area contributed by atoms with E-state index in [1.54, 1.807) is 24.3 Å². The van der Waals surface area contributed by atoms with Crippen molar-refractivity contribution in [3.8, 4) is 11.5 Å². The molecule has 1 fully saturated rings. The van der Waals surface area contributed by atoms with Crippen LogP contribution >= 0.6 is 0 Å². The molecule has 2 heterocycles. The fraction of sp³-hybridized carbons (Fsp3) is 0.385. The third-order valence-electron chi connectivity index (χ3n) is 5.80. The average molecular weight is 450 g/mol. The summed E-state index contributed by atoms with van der Waals surface area (Å²) in [6.07, 6.45) is 0.0441. The van der Waals surface area contributed by atoms with Crippen LogP contribution in [0.25, 0.3) is 5.57 Å². The number of ether oxygens (including phenoxy) is 2. The Morgan fingerprint density at radius 2 is 1.45 bits per heavy atom. The molecule has 0 unspecified atom stereocenters. The van der Waals surface area contributed by atoms with Crippen LogP contribution in [-0.2, 0) is 9.59 Å². The molecule has 7 heteroatoms. The van der Waals surface area contributed by atoms with Gasteiger partial charge in [0.2, 0.25) is 0 Å². The summed E-state index contributed by atoms with van der Waals surface area (Å²) in [4.78, 5) is 32.8. The Hall–Kier alpha value is -3.32. The Balaban J connectivity index is 1.71. The zero-order valence-electron chi connectivity index (χ0n) is 19.7. The van der Waals surface area contributed by atoms with Crippen molar-refractivity contribution in [2.45, 2.75) is 26.9 Å².